The summed E-state index contributed by atoms with van der Waals surface area (Å²) >= 11 is 0. The predicted octanol–water partition coefficient (Wildman–Crippen LogP) is 1.04. The molecule has 22 heavy (non-hydrogen) atoms. The van der Waals surface area contributed by atoms with Gasteiger partial charge in [-0.3, -0.25) is 13.9 Å². The molecule has 0 spiro atoms. The van der Waals surface area contributed by atoms with Crippen molar-refractivity contribution in [2.45, 2.75) is 32.9 Å². The average molecular weight is 302 g/mol. The molecule has 6 nitrogen and oxygen atoms in total. The van der Waals surface area contributed by atoms with Crippen molar-refractivity contribution in [2.24, 2.45) is 14.1 Å². The summed E-state index contributed by atoms with van der Waals surface area (Å²) in [5.41, 5.74) is 2.59. The van der Waals surface area contributed by atoms with Gasteiger partial charge in [0.25, 0.3) is 5.56 Å². The molecule has 6 heteroatoms. The van der Waals surface area contributed by atoms with Crippen LogP contribution in [0, 0.1) is 0 Å². The van der Waals surface area contributed by atoms with Gasteiger partial charge in [0.05, 0.1) is 22.6 Å². The van der Waals surface area contributed by atoms with Crippen LogP contribution in [0.25, 0.3) is 10.9 Å². The second-order valence-electron chi connectivity index (χ2n) is 6.02. The van der Waals surface area contributed by atoms with E-state index in [4.69, 9.17) is 0 Å². The highest BCUT2D eigenvalue weighted by Gasteiger charge is 2.26. The number of nitrogens with zero attached hydrogens (tertiary/aromatic N) is 3. The topological polar surface area (TPSA) is 61.0 Å². The Morgan fingerprint density at radius 3 is 2.77 bits per heavy atom. The van der Waals surface area contributed by atoms with Crippen LogP contribution in [-0.2, 0) is 20.6 Å². The fraction of sp³-hybridized carbons (Fsp3) is 0.500. The minimum absolute atomic E-state index is 0.125. The van der Waals surface area contributed by atoms with Crippen LogP contribution in [0.15, 0.2) is 27.4 Å². The van der Waals surface area contributed by atoms with Crippen molar-refractivity contribution >= 4 is 10.9 Å². The van der Waals surface area contributed by atoms with E-state index in [0.29, 0.717) is 5.39 Å². The summed E-state index contributed by atoms with van der Waals surface area (Å²) in [5.74, 6) is 0. The van der Waals surface area contributed by atoms with E-state index >= 15 is 0 Å². The monoisotopic (exact) mass is 302 g/mol. The molecule has 1 unspecified atom stereocenters. The maximum absolute atomic E-state index is 12.4. The quantitative estimate of drug-likeness (QED) is 0.843. The molecule has 0 aliphatic carbocycles. The highest BCUT2D eigenvalue weighted by atomic mass is 16.2. The molecule has 1 aliphatic rings. The summed E-state index contributed by atoms with van der Waals surface area (Å²) in [4.78, 5) is 24.7. The van der Waals surface area contributed by atoms with Crippen molar-refractivity contribution in [1.82, 2.24) is 19.0 Å². The molecular formula is C16H22N4O2. The lowest BCUT2D eigenvalue weighted by atomic mass is 10.0. The van der Waals surface area contributed by atoms with Gasteiger partial charge < -0.3 is 9.88 Å². The Hall–Kier alpha value is -2.08. The van der Waals surface area contributed by atoms with E-state index in [1.54, 1.807) is 11.6 Å². The molecule has 1 atom stereocenters. The number of hydrogen-bond donors (Lipinski definition) is 1. The summed E-state index contributed by atoms with van der Waals surface area (Å²) in [5, 5.41) is 4.13. The lowest BCUT2D eigenvalue weighted by Crippen LogP contribution is -2.38. The van der Waals surface area contributed by atoms with Crippen LogP contribution < -0.4 is 16.6 Å². The van der Waals surface area contributed by atoms with Crippen molar-refractivity contribution in [1.29, 1.82) is 0 Å². The van der Waals surface area contributed by atoms with Gasteiger partial charge >= 0.3 is 5.69 Å². The SMILES string of the molecule is C/C=C(\C)CC1NCCn2cc3c(=O)n(C)c(=O)n(C)c3c21. The average Bonchev–Trinajstić information content (AvgIpc) is 2.91. The zero-order valence-corrected chi connectivity index (χ0v) is 13.5. The van der Waals surface area contributed by atoms with Crippen molar-refractivity contribution in [2.75, 3.05) is 6.54 Å². The third kappa shape index (κ3) is 2.06. The number of aryl methyl sites for hydroxylation is 1. The second kappa shape index (κ2) is 5.28. The van der Waals surface area contributed by atoms with Crippen LogP contribution in [0.1, 0.15) is 32.0 Å². The minimum atomic E-state index is -0.279. The molecule has 118 valence electrons. The van der Waals surface area contributed by atoms with Crippen LogP contribution in [0.2, 0.25) is 0 Å². The third-order valence-electron chi connectivity index (χ3n) is 4.63. The van der Waals surface area contributed by atoms with Crippen molar-refractivity contribution in [3.8, 4) is 0 Å². The Morgan fingerprint density at radius 1 is 1.36 bits per heavy atom. The van der Waals surface area contributed by atoms with Crippen molar-refractivity contribution in [3.63, 3.8) is 0 Å². The van der Waals surface area contributed by atoms with Gasteiger partial charge in [-0.15, -0.1) is 0 Å². The van der Waals surface area contributed by atoms with Gasteiger partial charge in [0, 0.05) is 33.4 Å². The maximum atomic E-state index is 12.4. The second-order valence-corrected chi connectivity index (χ2v) is 6.02. The van der Waals surface area contributed by atoms with Crippen molar-refractivity contribution in [3.05, 3.63) is 44.4 Å². The molecule has 0 amide bonds. The number of rotatable bonds is 2. The third-order valence-corrected chi connectivity index (χ3v) is 4.63. The van der Waals surface area contributed by atoms with Gasteiger partial charge in [0.15, 0.2) is 0 Å². The highest BCUT2D eigenvalue weighted by molar-refractivity contribution is 5.82. The summed E-state index contributed by atoms with van der Waals surface area (Å²) in [6, 6.07) is 0.125. The number of allylic oxidation sites excluding steroid dienone is 1. The minimum Gasteiger partial charge on any atom is -0.346 e. The Kier molecular flexibility index (Phi) is 3.56. The van der Waals surface area contributed by atoms with E-state index in [1.165, 1.54) is 17.2 Å². The Labute approximate surface area is 128 Å². The Balaban J connectivity index is 2.32. The van der Waals surface area contributed by atoms with E-state index in [1.807, 2.05) is 13.1 Å². The van der Waals surface area contributed by atoms with E-state index < -0.39 is 0 Å². The summed E-state index contributed by atoms with van der Waals surface area (Å²) < 4.78 is 4.89. The molecule has 0 radical (unpaired) electrons. The fourth-order valence-electron chi connectivity index (χ4n) is 3.27. The van der Waals surface area contributed by atoms with Crippen LogP contribution >= 0.6 is 0 Å². The van der Waals surface area contributed by atoms with Crippen LogP contribution in [-0.4, -0.2) is 20.2 Å². The molecule has 2 aromatic rings. The standard InChI is InChI=1S/C16H22N4O2/c1-5-10(2)8-12-14-13-11(9-20(14)7-6-17-12)15(21)19(4)16(22)18(13)3/h5,9,12,17H,6-8H2,1-4H3/b10-5+. The molecule has 3 heterocycles. The van der Waals surface area contributed by atoms with E-state index in [0.717, 1.165) is 30.7 Å². The molecule has 1 N–H and O–H groups in total. The van der Waals surface area contributed by atoms with Crippen molar-refractivity contribution < 1.29 is 0 Å². The van der Waals surface area contributed by atoms with Gasteiger partial charge in [0.1, 0.15) is 0 Å². The molecule has 0 saturated carbocycles. The Bertz CT molecular complexity index is 882. The maximum Gasteiger partial charge on any atom is 0.331 e. The zero-order valence-electron chi connectivity index (χ0n) is 13.5. The van der Waals surface area contributed by atoms with E-state index in [2.05, 4.69) is 22.9 Å². The highest BCUT2D eigenvalue weighted by Crippen LogP contribution is 2.30. The fourth-order valence-corrected chi connectivity index (χ4v) is 3.27. The predicted molar refractivity (Wildman–Crippen MR) is 87.2 cm³/mol. The Morgan fingerprint density at radius 2 is 2.09 bits per heavy atom. The summed E-state index contributed by atoms with van der Waals surface area (Å²) in [6.07, 6.45) is 4.87. The molecule has 1 aliphatic heterocycles. The number of fused-ring (bicyclic) bond motifs is 3. The first-order valence-corrected chi connectivity index (χ1v) is 7.59. The molecule has 0 saturated heterocycles. The van der Waals surface area contributed by atoms with Crippen LogP contribution in [0.4, 0.5) is 0 Å². The first-order valence-electron chi connectivity index (χ1n) is 7.59. The first-order chi connectivity index (χ1) is 10.5. The first kappa shape index (κ1) is 14.8. The lowest BCUT2D eigenvalue weighted by Gasteiger charge is -2.27. The van der Waals surface area contributed by atoms with E-state index in [9.17, 15) is 9.59 Å². The van der Waals surface area contributed by atoms with Gasteiger partial charge in [-0.25, -0.2) is 4.79 Å². The largest absolute Gasteiger partial charge is 0.346 e. The molecule has 0 fully saturated rings. The number of nitrogens with one attached hydrogen (secondary N) is 1. The number of aromatic nitrogens is 3. The smallest absolute Gasteiger partial charge is 0.331 e. The lowest BCUT2D eigenvalue weighted by molar-refractivity contribution is 0.424. The molecule has 3 rings (SSSR count). The van der Waals surface area contributed by atoms with E-state index in [-0.39, 0.29) is 17.3 Å². The number of hydrogen-bond acceptors (Lipinski definition) is 3. The van der Waals surface area contributed by atoms with Gasteiger partial charge in [-0.05, 0) is 20.3 Å². The normalized spacial score (nSPS) is 18.7. The molecule has 0 aromatic carbocycles. The summed E-state index contributed by atoms with van der Waals surface area (Å²) in [6.45, 7) is 5.81. The summed E-state index contributed by atoms with van der Waals surface area (Å²) in [7, 11) is 3.26. The van der Waals surface area contributed by atoms with Gasteiger partial charge in [0.2, 0.25) is 0 Å². The molecular weight excluding hydrogens is 280 g/mol. The van der Waals surface area contributed by atoms with Crippen LogP contribution in [0.5, 0.6) is 0 Å². The zero-order chi connectivity index (χ0) is 16.0. The van der Waals surface area contributed by atoms with Gasteiger partial charge in [-0.1, -0.05) is 11.6 Å². The molecule has 0 bridgehead atoms. The van der Waals surface area contributed by atoms with Crippen LogP contribution in [0.3, 0.4) is 0 Å². The van der Waals surface area contributed by atoms with Gasteiger partial charge in [-0.2, -0.15) is 0 Å². The molecule has 2 aromatic heterocycles.